The van der Waals surface area contributed by atoms with Crippen molar-refractivity contribution in [1.29, 1.82) is 0 Å². The molecule has 0 saturated carbocycles. The van der Waals surface area contributed by atoms with Gasteiger partial charge in [-0.1, -0.05) is 12.1 Å². The maximum atomic E-state index is 12.0. The van der Waals surface area contributed by atoms with Crippen LogP contribution in [0.3, 0.4) is 0 Å². The van der Waals surface area contributed by atoms with Gasteiger partial charge in [-0.15, -0.1) is 0 Å². The number of carbonyl (C=O) groups is 2. The van der Waals surface area contributed by atoms with Crippen molar-refractivity contribution in [2.75, 3.05) is 6.61 Å². The molecule has 0 unspecified atom stereocenters. The number of nitrogens with zero attached hydrogens (tertiary/aromatic N) is 3. The standard InChI is InChI=1S/C13H13N3O3/c1-3-19-13(18)12(17)10-6-4-5-7-11(10)16-14-8-9(2)15-16/h4-8H,3H2,1-2H3. The molecule has 98 valence electrons. The molecule has 19 heavy (non-hydrogen) atoms. The maximum absolute atomic E-state index is 12.0. The van der Waals surface area contributed by atoms with Crippen LogP contribution >= 0.6 is 0 Å². The number of para-hydroxylation sites is 1. The van der Waals surface area contributed by atoms with E-state index < -0.39 is 11.8 Å². The molecular formula is C13H13N3O3. The van der Waals surface area contributed by atoms with Crippen LogP contribution in [0.15, 0.2) is 30.5 Å². The highest BCUT2D eigenvalue weighted by atomic mass is 16.5. The fourth-order valence-electron chi connectivity index (χ4n) is 1.60. The summed E-state index contributed by atoms with van der Waals surface area (Å²) < 4.78 is 4.72. The first-order chi connectivity index (χ1) is 9.13. The molecule has 6 heteroatoms. The van der Waals surface area contributed by atoms with Gasteiger partial charge in [0.25, 0.3) is 5.78 Å². The molecule has 1 aromatic heterocycles. The molecule has 2 rings (SSSR count). The minimum atomic E-state index is -0.876. The van der Waals surface area contributed by atoms with Gasteiger partial charge in [-0.2, -0.15) is 15.0 Å². The van der Waals surface area contributed by atoms with Crippen molar-refractivity contribution in [3.8, 4) is 5.69 Å². The monoisotopic (exact) mass is 259 g/mol. The van der Waals surface area contributed by atoms with Crippen LogP contribution in [0.2, 0.25) is 0 Å². The predicted octanol–water partition coefficient (Wildman–Crippen LogP) is 1.32. The summed E-state index contributed by atoms with van der Waals surface area (Å²) in [5.41, 5.74) is 1.39. The first-order valence-corrected chi connectivity index (χ1v) is 5.83. The molecule has 0 spiro atoms. The largest absolute Gasteiger partial charge is 0.460 e. The highest BCUT2D eigenvalue weighted by Gasteiger charge is 2.21. The van der Waals surface area contributed by atoms with Gasteiger partial charge in [-0.25, -0.2) is 4.79 Å². The normalized spacial score (nSPS) is 10.2. The zero-order valence-electron chi connectivity index (χ0n) is 10.7. The van der Waals surface area contributed by atoms with Crippen molar-refractivity contribution in [2.24, 2.45) is 0 Å². The van der Waals surface area contributed by atoms with E-state index in [-0.39, 0.29) is 12.2 Å². The minimum absolute atomic E-state index is 0.159. The second-order valence-electron chi connectivity index (χ2n) is 3.84. The van der Waals surface area contributed by atoms with Gasteiger partial charge in [0.2, 0.25) is 0 Å². The van der Waals surface area contributed by atoms with Crippen molar-refractivity contribution in [3.63, 3.8) is 0 Å². The summed E-state index contributed by atoms with van der Waals surface area (Å²) in [5, 5.41) is 8.17. The zero-order valence-corrected chi connectivity index (χ0v) is 10.7. The Balaban J connectivity index is 2.42. The van der Waals surface area contributed by atoms with E-state index in [1.165, 1.54) is 4.80 Å². The molecule has 0 saturated heterocycles. The molecule has 0 fully saturated rings. The molecule has 2 aromatic rings. The Bertz CT molecular complexity index is 619. The van der Waals surface area contributed by atoms with Crippen molar-refractivity contribution in [1.82, 2.24) is 15.0 Å². The smallest absolute Gasteiger partial charge is 0.379 e. The summed E-state index contributed by atoms with van der Waals surface area (Å²) in [6, 6.07) is 6.64. The molecule has 0 aliphatic rings. The fraction of sp³-hybridized carbons (Fsp3) is 0.231. The van der Waals surface area contributed by atoms with Gasteiger partial charge >= 0.3 is 5.97 Å². The number of carbonyl (C=O) groups excluding carboxylic acids is 2. The lowest BCUT2D eigenvalue weighted by atomic mass is 10.1. The van der Waals surface area contributed by atoms with Gasteiger partial charge in [-0.05, 0) is 26.0 Å². The highest BCUT2D eigenvalue weighted by Crippen LogP contribution is 2.14. The Morgan fingerprint density at radius 3 is 2.68 bits per heavy atom. The molecule has 1 heterocycles. The SMILES string of the molecule is CCOC(=O)C(=O)c1ccccc1-n1ncc(C)n1. The van der Waals surface area contributed by atoms with E-state index in [0.717, 1.165) is 5.69 Å². The summed E-state index contributed by atoms with van der Waals surface area (Å²) in [7, 11) is 0. The Labute approximate surface area is 110 Å². The molecule has 0 amide bonds. The molecule has 0 radical (unpaired) electrons. The third-order valence-corrected chi connectivity index (χ3v) is 2.43. The van der Waals surface area contributed by atoms with Crippen LogP contribution in [-0.4, -0.2) is 33.4 Å². The predicted molar refractivity (Wildman–Crippen MR) is 67.1 cm³/mol. The number of aryl methyl sites for hydroxylation is 1. The van der Waals surface area contributed by atoms with Crippen LogP contribution in [0.1, 0.15) is 23.0 Å². The minimum Gasteiger partial charge on any atom is -0.460 e. The van der Waals surface area contributed by atoms with Gasteiger partial charge in [0.1, 0.15) is 0 Å². The molecule has 0 bridgehead atoms. The van der Waals surface area contributed by atoms with Crippen molar-refractivity contribution in [3.05, 3.63) is 41.7 Å². The van der Waals surface area contributed by atoms with E-state index in [2.05, 4.69) is 10.2 Å². The van der Waals surface area contributed by atoms with Crippen molar-refractivity contribution < 1.29 is 14.3 Å². The van der Waals surface area contributed by atoms with Crippen LogP contribution in [-0.2, 0) is 9.53 Å². The molecule has 6 nitrogen and oxygen atoms in total. The Hall–Kier alpha value is -2.50. The average Bonchev–Trinajstić information content (AvgIpc) is 2.85. The molecule has 0 N–H and O–H groups in total. The van der Waals surface area contributed by atoms with Gasteiger partial charge < -0.3 is 4.74 Å². The first kappa shape index (κ1) is 12.9. The van der Waals surface area contributed by atoms with E-state index in [1.807, 2.05) is 0 Å². The third kappa shape index (κ3) is 2.67. The summed E-state index contributed by atoms with van der Waals surface area (Å²) in [4.78, 5) is 24.8. The highest BCUT2D eigenvalue weighted by molar-refractivity contribution is 6.41. The fourth-order valence-corrected chi connectivity index (χ4v) is 1.60. The number of rotatable bonds is 4. The quantitative estimate of drug-likeness (QED) is 0.470. The number of hydrogen-bond acceptors (Lipinski definition) is 5. The van der Waals surface area contributed by atoms with Gasteiger partial charge in [0.05, 0.1) is 29.7 Å². The van der Waals surface area contributed by atoms with Crippen molar-refractivity contribution >= 4 is 11.8 Å². The van der Waals surface area contributed by atoms with E-state index in [4.69, 9.17) is 4.74 Å². The lowest BCUT2D eigenvalue weighted by Gasteiger charge is -2.06. The summed E-state index contributed by atoms with van der Waals surface area (Å²) in [6.45, 7) is 3.60. The van der Waals surface area contributed by atoms with Gasteiger partial charge in [0, 0.05) is 0 Å². The lowest BCUT2D eigenvalue weighted by Crippen LogP contribution is -2.20. The number of aromatic nitrogens is 3. The Morgan fingerprint density at radius 1 is 1.32 bits per heavy atom. The van der Waals surface area contributed by atoms with E-state index in [9.17, 15) is 9.59 Å². The maximum Gasteiger partial charge on any atom is 0.379 e. The van der Waals surface area contributed by atoms with Gasteiger partial charge in [-0.3, -0.25) is 4.79 Å². The number of benzene rings is 1. The molecular weight excluding hydrogens is 246 g/mol. The number of Topliss-reactive ketones (excluding diaryl/α,β-unsaturated/α-hetero) is 1. The summed E-state index contributed by atoms with van der Waals surface area (Å²) in [5.74, 6) is -1.58. The van der Waals surface area contributed by atoms with Crippen LogP contribution in [0.5, 0.6) is 0 Å². The zero-order chi connectivity index (χ0) is 13.8. The van der Waals surface area contributed by atoms with E-state index in [0.29, 0.717) is 5.69 Å². The van der Waals surface area contributed by atoms with E-state index in [1.54, 1.807) is 44.3 Å². The lowest BCUT2D eigenvalue weighted by molar-refractivity contribution is -0.137. The van der Waals surface area contributed by atoms with Crippen LogP contribution in [0.4, 0.5) is 0 Å². The number of ketones is 1. The van der Waals surface area contributed by atoms with Crippen LogP contribution < -0.4 is 0 Å². The Kier molecular flexibility index (Phi) is 3.70. The van der Waals surface area contributed by atoms with Crippen molar-refractivity contribution in [2.45, 2.75) is 13.8 Å². The first-order valence-electron chi connectivity index (χ1n) is 5.83. The molecule has 1 aromatic carbocycles. The van der Waals surface area contributed by atoms with Crippen LogP contribution in [0, 0.1) is 6.92 Å². The second kappa shape index (κ2) is 5.43. The molecule has 0 atom stereocenters. The van der Waals surface area contributed by atoms with E-state index >= 15 is 0 Å². The number of ether oxygens (including phenoxy) is 1. The van der Waals surface area contributed by atoms with Gasteiger partial charge in [0.15, 0.2) is 0 Å². The molecule has 0 aliphatic heterocycles. The molecule has 0 aliphatic carbocycles. The topological polar surface area (TPSA) is 74.1 Å². The van der Waals surface area contributed by atoms with Crippen LogP contribution in [0.25, 0.3) is 5.69 Å². The Morgan fingerprint density at radius 2 is 2.05 bits per heavy atom. The second-order valence-corrected chi connectivity index (χ2v) is 3.84. The summed E-state index contributed by atoms with van der Waals surface area (Å²) >= 11 is 0. The average molecular weight is 259 g/mol. The number of hydrogen-bond donors (Lipinski definition) is 0. The number of esters is 1. The third-order valence-electron chi connectivity index (χ3n) is 2.43. The summed E-state index contributed by atoms with van der Waals surface area (Å²) in [6.07, 6.45) is 1.58.